The van der Waals surface area contributed by atoms with Gasteiger partial charge in [0.1, 0.15) is 0 Å². The molecule has 0 unspecified atom stereocenters. The summed E-state index contributed by atoms with van der Waals surface area (Å²) in [6, 6.07) is 14.6. The zero-order valence-electron chi connectivity index (χ0n) is 16.4. The van der Waals surface area contributed by atoms with Gasteiger partial charge in [-0.2, -0.15) is 13.2 Å². The van der Waals surface area contributed by atoms with Crippen LogP contribution in [-0.4, -0.2) is 20.9 Å². The van der Waals surface area contributed by atoms with Crippen molar-refractivity contribution in [2.75, 3.05) is 16.2 Å². The topological polar surface area (TPSA) is 66.5 Å². The first-order valence-corrected chi connectivity index (χ1v) is 11.3. The highest BCUT2D eigenvalue weighted by atomic mass is 35.5. The maximum absolute atomic E-state index is 13.0. The van der Waals surface area contributed by atoms with Gasteiger partial charge in [-0.3, -0.25) is 9.10 Å². The second-order valence-corrected chi connectivity index (χ2v) is 9.45. The summed E-state index contributed by atoms with van der Waals surface area (Å²) >= 11 is 5.84. The summed E-state index contributed by atoms with van der Waals surface area (Å²) < 4.78 is 65.3. The Balaban J connectivity index is 1.53. The van der Waals surface area contributed by atoms with Gasteiger partial charge >= 0.3 is 6.18 Å². The molecule has 0 spiro atoms. The van der Waals surface area contributed by atoms with E-state index in [1.807, 2.05) is 0 Å². The fraction of sp³-hybridized carbons (Fsp3) is 0.136. The second-order valence-electron chi connectivity index (χ2n) is 7.15. The molecule has 0 saturated carbocycles. The average molecular weight is 481 g/mol. The Morgan fingerprint density at radius 2 is 1.62 bits per heavy atom. The Morgan fingerprint density at radius 1 is 0.969 bits per heavy atom. The number of hydrogen-bond acceptors (Lipinski definition) is 3. The van der Waals surface area contributed by atoms with Crippen LogP contribution in [0.4, 0.5) is 24.5 Å². The zero-order chi connectivity index (χ0) is 23.1. The van der Waals surface area contributed by atoms with E-state index in [0.29, 0.717) is 22.7 Å². The molecule has 0 aliphatic carbocycles. The van der Waals surface area contributed by atoms with Crippen LogP contribution in [-0.2, 0) is 22.6 Å². The molecule has 0 bridgehead atoms. The van der Waals surface area contributed by atoms with Crippen molar-refractivity contribution in [3.63, 3.8) is 0 Å². The van der Waals surface area contributed by atoms with Crippen LogP contribution in [0.15, 0.2) is 71.6 Å². The summed E-state index contributed by atoms with van der Waals surface area (Å²) in [5.41, 5.74) is 0.841. The molecule has 1 N–H and O–H groups in total. The largest absolute Gasteiger partial charge is 0.416 e. The molecule has 4 rings (SSSR count). The standard InChI is InChI=1S/C22H16ClF3N2O3S/c23-17-4-8-19(9-5-17)32(30,31)28-12-11-14-13-15(1-10-20(14)28)21(29)27-18-6-2-16(3-7-18)22(24,25)26/h1-10,13H,11-12H2,(H,27,29). The number of amides is 1. The van der Waals surface area contributed by atoms with E-state index < -0.39 is 27.7 Å². The highest BCUT2D eigenvalue weighted by molar-refractivity contribution is 7.92. The third-order valence-electron chi connectivity index (χ3n) is 5.07. The number of carbonyl (C=O) groups is 1. The van der Waals surface area contributed by atoms with Crippen molar-refractivity contribution < 1.29 is 26.4 Å². The number of rotatable bonds is 4. The first kappa shape index (κ1) is 22.2. The molecule has 0 radical (unpaired) electrons. The molecule has 5 nitrogen and oxygen atoms in total. The van der Waals surface area contributed by atoms with Crippen LogP contribution in [0.1, 0.15) is 21.5 Å². The van der Waals surface area contributed by atoms with Crippen LogP contribution in [0.3, 0.4) is 0 Å². The first-order chi connectivity index (χ1) is 15.1. The third kappa shape index (κ3) is 4.31. The summed E-state index contributed by atoms with van der Waals surface area (Å²) in [7, 11) is -3.78. The van der Waals surface area contributed by atoms with Crippen LogP contribution in [0, 0.1) is 0 Å². The van der Waals surface area contributed by atoms with E-state index in [1.54, 1.807) is 12.1 Å². The van der Waals surface area contributed by atoms with Crippen molar-refractivity contribution in [2.45, 2.75) is 17.5 Å². The number of halogens is 4. The van der Waals surface area contributed by atoms with Crippen molar-refractivity contribution in [3.8, 4) is 0 Å². The monoisotopic (exact) mass is 480 g/mol. The third-order valence-corrected chi connectivity index (χ3v) is 7.15. The molecule has 1 aliphatic rings. The van der Waals surface area contributed by atoms with Gasteiger partial charge in [0.2, 0.25) is 0 Å². The van der Waals surface area contributed by atoms with E-state index >= 15 is 0 Å². The number of alkyl halides is 3. The Labute approximate surface area is 187 Å². The van der Waals surface area contributed by atoms with E-state index in [-0.39, 0.29) is 22.7 Å². The van der Waals surface area contributed by atoms with Crippen molar-refractivity contribution in [1.29, 1.82) is 0 Å². The van der Waals surface area contributed by atoms with Crippen molar-refractivity contribution >= 4 is 38.9 Å². The number of sulfonamides is 1. The molecule has 10 heteroatoms. The molecule has 3 aromatic carbocycles. The maximum atomic E-state index is 13.0. The average Bonchev–Trinajstić information content (AvgIpc) is 3.18. The van der Waals surface area contributed by atoms with E-state index in [9.17, 15) is 26.4 Å². The molecule has 3 aromatic rings. The van der Waals surface area contributed by atoms with E-state index in [2.05, 4.69) is 5.32 Å². The number of anilines is 2. The minimum Gasteiger partial charge on any atom is -0.322 e. The minimum atomic E-state index is -4.46. The first-order valence-electron chi connectivity index (χ1n) is 9.45. The fourth-order valence-electron chi connectivity index (χ4n) is 3.44. The summed E-state index contributed by atoms with van der Waals surface area (Å²) in [6.07, 6.45) is -4.04. The summed E-state index contributed by atoms with van der Waals surface area (Å²) in [4.78, 5) is 12.7. The summed E-state index contributed by atoms with van der Waals surface area (Å²) in [5.74, 6) is -0.508. The van der Waals surface area contributed by atoms with Crippen LogP contribution in [0.5, 0.6) is 0 Å². The van der Waals surface area contributed by atoms with Gasteiger partial charge < -0.3 is 5.32 Å². The molecule has 1 aliphatic heterocycles. The Bertz CT molecular complexity index is 1280. The van der Waals surface area contributed by atoms with Gasteiger partial charge in [0.25, 0.3) is 15.9 Å². The van der Waals surface area contributed by atoms with Gasteiger partial charge in [0, 0.05) is 22.8 Å². The van der Waals surface area contributed by atoms with Gasteiger partial charge in [-0.25, -0.2) is 8.42 Å². The van der Waals surface area contributed by atoms with Crippen LogP contribution < -0.4 is 9.62 Å². The predicted octanol–water partition coefficient (Wildman–Crippen LogP) is 5.36. The molecule has 0 fully saturated rings. The van der Waals surface area contributed by atoms with E-state index in [1.165, 1.54) is 46.8 Å². The number of nitrogens with zero attached hydrogens (tertiary/aromatic N) is 1. The number of benzene rings is 3. The van der Waals surface area contributed by atoms with Gasteiger partial charge in [-0.1, -0.05) is 11.6 Å². The van der Waals surface area contributed by atoms with Gasteiger partial charge in [0.05, 0.1) is 16.1 Å². The van der Waals surface area contributed by atoms with Crippen LogP contribution in [0.2, 0.25) is 5.02 Å². The molecule has 32 heavy (non-hydrogen) atoms. The lowest BCUT2D eigenvalue weighted by Gasteiger charge is -2.19. The molecular weight excluding hydrogens is 465 g/mol. The fourth-order valence-corrected chi connectivity index (χ4v) is 5.07. The summed E-state index contributed by atoms with van der Waals surface area (Å²) in [6.45, 7) is 0.226. The number of carbonyl (C=O) groups excluding carboxylic acids is 1. The summed E-state index contributed by atoms with van der Waals surface area (Å²) in [5, 5.41) is 2.98. The number of nitrogens with one attached hydrogen (secondary N) is 1. The lowest BCUT2D eigenvalue weighted by molar-refractivity contribution is -0.137. The molecular formula is C22H16ClF3N2O3S. The smallest absolute Gasteiger partial charge is 0.322 e. The molecule has 0 aromatic heterocycles. The lowest BCUT2D eigenvalue weighted by Crippen LogP contribution is -2.29. The molecule has 1 heterocycles. The molecule has 0 atom stereocenters. The SMILES string of the molecule is O=C(Nc1ccc(C(F)(F)F)cc1)c1ccc2c(c1)CCN2S(=O)(=O)c1ccc(Cl)cc1. The number of fused-ring (bicyclic) bond motifs is 1. The van der Waals surface area contributed by atoms with Crippen LogP contribution in [0.25, 0.3) is 0 Å². The minimum absolute atomic E-state index is 0.110. The van der Waals surface area contributed by atoms with Crippen molar-refractivity contribution in [3.05, 3.63) is 88.4 Å². The van der Waals surface area contributed by atoms with Crippen molar-refractivity contribution in [2.24, 2.45) is 0 Å². The maximum Gasteiger partial charge on any atom is 0.416 e. The van der Waals surface area contributed by atoms with Gasteiger partial charge in [-0.15, -0.1) is 0 Å². The predicted molar refractivity (Wildman–Crippen MR) is 116 cm³/mol. The number of hydrogen-bond donors (Lipinski definition) is 1. The zero-order valence-corrected chi connectivity index (χ0v) is 17.9. The highest BCUT2D eigenvalue weighted by Gasteiger charge is 2.32. The Hall–Kier alpha value is -3.04. The highest BCUT2D eigenvalue weighted by Crippen LogP contribution is 2.34. The van der Waals surface area contributed by atoms with Gasteiger partial charge in [-0.05, 0) is 78.7 Å². The molecule has 0 saturated heterocycles. The Kier molecular flexibility index (Phi) is 5.64. The Morgan fingerprint density at radius 3 is 2.25 bits per heavy atom. The quantitative estimate of drug-likeness (QED) is 0.546. The molecule has 166 valence electrons. The molecule has 1 amide bonds. The van der Waals surface area contributed by atoms with E-state index in [0.717, 1.165) is 12.1 Å². The second kappa shape index (κ2) is 8.14. The van der Waals surface area contributed by atoms with Crippen molar-refractivity contribution in [1.82, 2.24) is 0 Å². The van der Waals surface area contributed by atoms with Crippen LogP contribution >= 0.6 is 11.6 Å². The van der Waals surface area contributed by atoms with E-state index in [4.69, 9.17) is 11.6 Å². The normalized spacial score (nSPS) is 13.7. The lowest BCUT2D eigenvalue weighted by atomic mass is 10.1. The van der Waals surface area contributed by atoms with Gasteiger partial charge in [0.15, 0.2) is 0 Å².